The van der Waals surface area contributed by atoms with E-state index in [-0.39, 0.29) is 5.91 Å². The fourth-order valence-corrected chi connectivity index (χ4v) is 4.74. The van der Waals surface area contributed by atoms with Crippen molar-refractivity contribution in [3.63, 3.8) is 0 Å². The summed E-state index contributed by atoms with van der Waals surface area (Å²) < 4.78 is 11.5. The molecular weight excluding hydrogens is 492 g/mol. The minimum Gasteiger partial charge on any atom is -0.492 e. The van der Waals surface area contributed by atoms with Crippen molar-refractivity contribution in [2.24, 2.45) is 0 Å². The van der Waals surface area contributed by atoms with Crippen molar-refractivity contribution in [1.29, 1.82) is 5.41 Å². The molecule has 204 valence electrons. The van der Waals surface area contributed by atoms with Crippen LogP contribution in [0, 0.1) is 12.3 Å². The quantitative estimate of drug-likeness (QED) is 0.327. The maximum Gasteiger partial charge on any atom is 0.255 e. The first-order valence-corrected chi connectivity index (χ1v) is 13.6. The van der Waals surface area contributed by atoms with E-state index in [1.807, 2.05) is 44.2 Å². The number of aryl methyl sites for hydroxylation is 1. The van der Waals surface area contributed by atoms with Crippen molar-refractivity contribution >= 4 is 23.1 Å². The third kappa shape index (κ3) is 6.61. The standard InChI is InChI=1S/C30H36N6O3/c1-3-27(31)25-6-7-28(35-29(25)32)26-17-23(18-33-19(26)2)34-30(37)22-14-21(20-4-5-20)15-24(16-22)39-13-10-36-8-11-38-12-9-36/h6-7,14-18,20,31H,3-5,8-13H2,1-2H3,(H2,32,35)(H,34,37). The maximum atomic E-state index is 13.3. The highest BCUT2D eigenvalue weighted by atomic mass is 16.5. The zero-order valence-corrected chi connectivity index (χ0v) is 22.6. The van der Waals surface area contributed by atoms with E-state index >= 15 is 0 Å². The number of nitrogens with zero attached hydrogens (tertiary/aromatic N) is 3. The molecule has 0 bridgehead atoms. The summed E-state index contributed by atoms with van der Waals surface area (Å²) >= 11 is 0. The second-order valence-corrected chi connectivity index (χ2v) is 10.1. The molecule has 9 heteroatoms. The predicted molar refractivity (Wildman–Crippen MR) is 153 cm³/mol. The molecule has 3 aromatic rings. The first kappa shape index (κ1) is 26.8. The fraction of sp³-hybridized carbons (Fsp3) is 0.400. The molecule has 1 amide bonds. The normalized spacial score (nSPS) is 15.6. The number of hydrogen-bond acceptors (Lipinski definition) is 8. The van der Waals surface area contributed by atoms with E-state index in [9.17, 15) is 4.79 Å². The molecule has 1 aromatic carbocycles. The van der Waals surface area contributed by atoms with Gasteiger partial charge in [0.2, 0.25) is 0 Å². The van der Waals surface area contributed by atoms with Gasteiger partial charge in [-0.3, -0.25) is 14.7 Å². The average molecular weight is 529 g/mol. The van der Waals surface area contributed by atoms with Gasteiger partial charge in [-0.1, -0.05) is 6.92 Å². The minimum atomic E-state index is -0.216. The van der Waals surface area contributed by atoms with E-state index in [1.54, 1.807) is 6.20 Å². The lowest BCUT2D eigenvalue weighted by Gasteiger charge is -2.26. The Labute approximate surface area is 229 Å². The number of nitrogens with one attached hydrogen (secondary N) is 2. The van der Waals surface area contributed by atoms with Gasteiger partial charge in [0.1, 0.15) is 18.2 Å². The Balaban J connectivity index is 1.31. The molecule has 0 atom stereocenters. The van der Waals surface area contributed by atoms with E-state index < -0.39 is 0 Å². The fourth-order valence-electron chi connectivity index (χ4n) is 4.74. The van der Waals surface area contributed by atoms with Crippen molar-refractivity contribution in [3.05, 3.63) is 65.0 Å². The van der Waals surface area contributed by atoms with Crippen LogP contribution in [-0.4, -0.2) is 65.9 Å². The molecule has 4 N–H and O–H groups in total. The molecule has 0 spiro atoms. The van der Waals surface area contributed by atoms with Crippen LogP contribution in [0.5, 0.6) is 5.75 Å². The van der Waals surface area contributed by atoms with Crippen molar-refractivity contribution in [3.8, 4) is 17.0 Å². The van der Waals surface area contributed by atoms with Crippen LogP contribution in [0.3, 0.4) is 0 Å². The number of carbonyl (C=O) groups is 1. The molecule has 39 heavy (non-hydrogen) atoms. The van der Waals surface area contributed by atoms with E-state index in [4.69, 9.17) is 20.6 Å². The van der Waals surface area contributed by atoms with Gasteiger partial charge in [-0.05, 0) is 74.1 Å². The smallest absolute Gasteiger partial charge is 0.255 e. The van der Waals surface area contributed by atoms with Crippen LogP contribution in [0.1, 0.15) is 59.3 Å². The number of hydrogen-bond donors (Lipinski definition) is 3. The van der Waals surface area contributed by atoms with Gasteiger partial charge in [-0.15, -0.1) is 0 Å². The Morgan fingerprint density at radius 2 is 2.00 bits per heavy atom. The second-order valence-electron chi connectivity index (χ2n) is 10.1. The highest BCUT2D eigenvalue weighted by molar-refractivity contribution is 6.05. The predicted octanol–water partition coefficient (Wildman–Crippen LogP) is 4.65. The summed E-state index contributed by atoms with van der Waals surface area (Å²) in [6, 6.07) is 11.4. The van der Waals surface area contributed by atoms with E-state index in [0.29, 0.717) is 53.0 Å². The molecule has 2 aromatic heterocycles. The third-order valence-corrected chi connectivity index (χ3v) is 7.24. The Kier molecular flexibility index (Phi) is 8.18. The van der Waals surface area contributed by atoms with Gasteiger partial charge in [-0.25, -0.2) is 4.98 Å². The summed E-state index contributed by atoms with van der Waals surface area (Å²) in [5.41, 5.74) is 11.7. The van der Waals surface area contributed by atoms with Crippen LogP contribution in [0.15, 0.2) is 42.6 Å². The zero-order valence-electron chi connectivity index (χ0n) is 22.6. The van der Waals surface area contributed by atoms with Crippen LogP contribution >= 0.6 is 0 Å². The summed E-state index contributed by atoms with van der Waals surface area (Å²) in [4.78, 5) is 24.7. The van der Waals surface area contributed by atoms with E-state index in [0.717, 1.165) is 68.3 Å². The molecule has 1 saturated heterocycles. The highest BCUT2D eigenvalue weighted by Gasteiger charge is 2.25. The largest absolute Gasteiger partial charge is 0.492 e. The number of aromatic nitrogens is 2. The molecule has 9 nitrogen and oxygen atoms in total. The third-order valence-electron chi connectivity index (χ3n) is 7.24. The van der Waals surface area contributed by atoms with Crippen LogP contribution < -0.4 is 15.8 Å². The number of carbonyl (C=O) groups excluding carboxylic acids is 1. The Bertz CT molecular complexity index is 1360. The number of nitrogens with two attached hydrogens (primary N) is 1. The lowest BCUT2D eigenvalue weighted by Crippen LogP contribution is -2.38. The first-order valence-electron chi connectivity index (χ1n) is 13.6. The first-order chi connectivity index (χ1) is 18.9. The van der Waals surface area contributed by atoms with Crippen molar-refractivity contribution < 1.29 is 14.3 Å². The minimum absolute atomic E-state index is 0.216. The summed E-state index contributed by atoms with van der Waals surface area (Å²) in [5, 5.41) is 11.1. The number of anilines is 2. The number of amides is 1. The zero-order chi connectivity index (χ0) is 27.4. The summed E-state index contributed by atoms with van der Waals surface area (Å²) in [6.07, 6.45) is 4.49. The topological polar surface area (TPSA) is 126 Å². The Morgan fingerprint density at radius 1 is 1.21 bits per heavy atom. The number of benzene rings is 1. The molecule has 0 unspecified atom stereocenters. The van der Waals surface area contributed by atoms with Gasteiger partial charge in [0, 0.05) is 47.7 Å². The number of nitrogen functional groups attached to an aromatic ring is 1. The van der Waals surface area contributed by atoms with Crippen LogP contribution in [0.2, 0.25) is 0 Å². The van der Waals surface area contributed by atoms with E-state index in [1.165, 1.54) is 0 Å². The maximum absolute atomic E-state index is 13.3. The van der Waals surface area contributed by atoms with Crippen molar-refractivity contribution in [2.75, 3.05) is 50.5 Å². The Hall–Kier alpha value is -3.82. The molecule has 1 saturated carbocycles. The molecule has 1 aliphatic carbocycles. The molecule has 1 aliphatic heterocycles. The second kappa shape index (κ2) is 11.9. The van der Waals surface area contributed by atoms with Gasteiger partial charge < -0.3 is 25.9 Å². The summed E-state index contributed by atoms with van der Waals surface area (Å²) in [6.45, 7) is 8.55. The van der Waals surface area contributed by atoms with Gasteiger partial charge in [-0.2, -0.15) is 0 Å². The molecule has 0 radical (unpaired) electrons. The molecular formula is C30H36N6O3. The Morgan fingerprint density at radius 3 is 2.72 bits per heavy atom. The van der Waals surface area contributed by atoms with Crippen LogP contribution in [-0.2, 0) is 4.74 Å². The van der Waals surface area contributed by atoms with Crippen molar-refractivity contribution in [2.45, 2.75) is 39.0 Å². The van der Waals surface area contributed by atoms with Crippen LogP contribution in [0.4, 0.5) is 11.5 Å². The van der Waals surface area contributed by atoms with E-state index in [2.05, 4.69) is 26.3 Å². The lowest BCUT2D eigenvalue weighted by molar-refractivity contribution is 0.0322. The van der Waals surface area contributed by atoms with Crippen LogP contribution in [0.25, 0.3) is 11.3 Å². The average Bonchev–Trinajstić information content (AvgIpc) is 3.80. The monoisotopic (exact) mass is 528 g/mol. The molecule has 3 heterocycles. The van der Waals surface area contributed by atoms with Gasteiger partial charge in [0.25, 0.3) is 5.91 Å². The molecule has 2 fully saturated rings. The van der Waals surface area contributed by atoms with Gasteiger partial charge >= 0.3 is 0 Å². The summed E-state index contributed by atoms with van der Waals surface area (Å²) in [7, 11) is 0. The number of rotatable bonds is 10. The summed E-state index contributed by atoms with van der Waals surface area (Å²) in [5.74, 6) is 1.30. The van der Waals surface area contributed by atoms with Gasteiger partial charge in [0.05, 0.1) is 30.8 Å². The SMILES string of the molecule is CCC(=N)c1ccc(-c2cc(NC(=O)c3cc(OCCN4CCOCC4)cc(C4CC4)c3)cnc2C)nc1N. The number of morpholine rings is 1. The number of ether oxygens (including phenoxy) is 2. The number of pyridine rings is 2. The lowest BCUT2D eigenvalue weighted by atomic mass is 10.0. The van der Waals surface area contributed by atoms with Gasteiger partial charge in [0.15, 0.2) is 0 Å². The highest BCUT2D eigenvalue weighted by Crippen LogP contribution is 2.41. The molecule has 2 aliphatic rings. The van der Waals surface area contributed by atoms with Crippen molar-refractivity contribution in [1.82, 2.24) is 14.9 Å². The molecule has 5 rings (SSSR count).